The molecule has 1 unspecified atom stereocenters. The lowest BCUT2D eigenvalue weighted by Gasteiger charge is -2.12. The predicted molar refractivity (Wildman–Crippen MR) is 109 cm³/mol. The number of nitrogens with one attached hydrogen (secondary N) is 3. The molecule has 0 saturated carbocycles. The molecule has 28 heavy (non-hydrogen) atoms. The number of nitrogens with zero attached hydrogens (tertiary/aromatic N) is 1. The Labute approximate surface area is 163 Å². The highest BCUT2D eigenvalue weighted by Gasteiger charge is 2.29. The number of sulfone groups is 1. The molecule has 146 valence electrons. The Morgan fingerprint density at radius 3 is 2.93 bits per heavy atom. The van der Waals surface area contributed by atoms with Crippen LogP contribution in [0.2, 0.25) is 0 Å². The number of amides is 1. The molecule has 4 rings (SSSR count). The van der Waals surface area contributed by atoms with E-state index in [4.69, 9.17) is 0 Å². The summed E-state index contributed by atoms with van der Waals surface area (Å²) in [5.74, 6) is 0.491. The average Bonchev–Trinajstić information content (AvgIpc) is 3.25. The van der Waals surface area contributed by atoms with E-state index in [0.717, 1.165) is 11.9 Å². The number of carbonyl (C=O) groups is 1. The zero-order chi connectivity index (χ0) is 19.6. The van der Waals surface area contributed by atoms with Crippen molar-refractivity contribution >= 4 is 32.5 Å². The normalized spacial score (nSPS) is 18.2. The van der Waals surface area contributed by atoms with E-state index in [9.17, 15) is 13.2 Å². The number of fused-ring (bicyclic) bond motifs is 1. The van der Waals surface area contributed by atoms with Gasteiger partial charge < -0.3 is 15.6 Å². The summed E-state index contributed by atoms with van der Waals surface area (Å²) in [6.07, 6.45) is 4.88. The van der Waals surface area contributed by atoms with Gasteiger partial charge in [-0.05, 0) is 36.6 Å². The molecule has 0 spiro atoms. The van der Waals surface area contributed by atoms with Crippen LogP contribution < -0.4 is 10.6 Å². The van der Waals surface area contributed by atoms with Crippen molar-refractivity contribution < 1.29 is 13.2 Å². The van der Waals surface area contributed by atoms with Crippen molar-refractivity contribution in [3.63, 3.8) is 0 Å². The first kappa shape index (κ1) is 18.5. The van der Waals surface area contributed by atoms with Gasteiger partial charge in [-0.3, -0.25) is 4.79 Å². The summed E-state index contributed by atoms with van der Waals surface area (Å²) in [6.45, 7) is 0.681. The van der Waals surface area contributed by atoms with Gasteiger partial charge in [-0.2, -0.15) is 0 Å². The number of rotatable bonds is 6. The van der Waals surface area contributed by atoms with Crippen LogP contribution in [0.5, 0.6) is 0 Å². The van der Waals surface area contributed by atoms with E-state index in [1.807, 2.05) is 24.4 Å². The number of para-hydroxylation sites is 1. The number of hydrogen-bond donors (Lipinski definition) is 3. The Morgan fingerprint density at radius 1 is 1.25 bits per heavy atom. The molecular weight excluding hydrogens is 376 g/mol. The molecule has 1 amide bonds. The second kappa shape index (κ2) is 7.63. The standard InChI is InChI=1S/C20H22N4O3S/c25-20(24-16-7-10-28(26,27)13-16)14-5-8-21-19(11-14)22-9-6-15-12-23-18-4-2-1-3-17(15)18/h1-5,8,11-12,16,23H,6-7,9-10,13H2,(H,21,22)(H,24,25). The van der Waals surface area contributed by atoms with E-state index in [0.29, 0.717) is 24.3 Å². The topological polar surface area (TPSA) is 104 Å². The zero-order valence-corrected chi connectivity index (χ0v) is 16.1. The molecule has 0 radical (unpaired) electrons. The summed E-state index contributed by atoms with van der Waals surface area (Å²) >= 11 is 0. The third kappa shape index (κ3) is 4.17. The Kier molecular flexibility index (Phi) is 5.04. The molecule has 8 heteroatoms. The van der Waals surface area contributed by atoms with Gasteiger partial charge in [0.1, 0.15) is 5.82 Å². The number of carbonyl (C=O) groups excluding carboxylic acids is 1. The van der Waals surface area contributed by atoms with Gasteiger partial charge in [0.05, 0.1) is 11.5 Å². The maximum atomic E-state index is 12.4. The molecule has 0 aliphatic carbocycles. The van der Waals surface area contributed by atoms with Crippen LogP contribution in [-0.2, 0) is 16.3 Å². The fourth-order valence-corrected chi connectivity index (χ4v) is 5.18. The van der Waals surface area contributed by atoms with Crippen molar-refractivity contribution in [3.8, 4) is 0 Å². The minimum absolute atomic E-state index is 0.0134. The number of H-pyrrole nitrogens is 1. The molecule has 0 bridgehead atoms. The smallest absolute Gasteiger partial charge is 0.251 e. The van der Waals surface area contributed by atoms with Crippen LogP contribution in [0.1, 0.15) is 22.3 Å². The monoisotopic (exact) mass is 398 g/mol. The molecule has 3 aromatic rings. The van der Waals surface area contributed by atoms with E-state index in [2.05, 4.69) is 26.7 Å². The zero-order valence-electron chi connectivity index (χ0n) is 15.3. The molecule has 1 aliphatic heterocycles. The van der Waals surface area contributed by atoms with Gasteiger partial charge in [0.25, 0.3) is 5.91 Å². The molecule has 1 saturated heterocycles. The number of pyridine rings is 1. The van der Waals surface area contributed by atoms with Crippen molar-refractivity contribution in [3.05, 3.63) is 59.9 Å². The van der Waals surface area contributed by atoms with Gasteiger partial charge in [0.2, 0.25) is 0 Å². The first-order valence-corrected chi connectivity index (χ1v) is 11.1. The predicted octanol–water partition coefficient (Wildman–Crippen LogP) is 2.13. The highest BCUT2D eigenvalue weighted by atomic mass is 32.2. The summed E-state index contributed by atoms with van der Waals surface area (Å²) in [5, 5.41) is 7.25. The lowest BCUT2D eigenvalue weighted by atomic mass is 10.1. The fourth-order valence-electron chi connectivity index (χ4n) is 3.51. The van der Waals surface area contributed by atoms with Crippen LogP contribution in [-0.4, -0.2) is 48.4 Å². The lowest BCUT2D eigenvalue weighted by molar-refractivity contribution is 0.0941. The highest BCUT2D eigenvalue weighted by Crippen LogP contribution is 2.18. The van der Waals surface area contributed by atoms with Crippen LogP contribution >= 0.6 is 0 Å². The van der Waals surface area contributed by atoms with E-state index >= 15 is 0 Å². The Bertz CT molecular complexity index is 1110. The Hall–Kier alpha value is -2.87. The third-order valence-electron chi connectivity index (χ3n) is 4.97. The number of anilines is 1. The average molecular weight is 398 g/mol. The summed E-state index contributed by atoms with van der Waals surface area (Å²) < 4.78 is 23.1. The minimum Gasteiger partial charge on any atom is -0.370 e. The Balaban J connectivity index is 1.35. The van der Waals surface area contributed by atoms with Gasteiger partial charge in [-0.1, -0.05) is 18.2 Å². The summed E-state index contributed by atoms with van der Waals surface area (Å²) in [4.78, 5) is 19.9. The van der Waals surface area contributed by atoms with Crippen molar-refractivity contribution in [1.29, 1.82) is 0 Å². The summed E-state index contributed by atoms with van der Waals surface area (Å²) in [6, 6.07) is 11.2. The molecule has 3 heterocycles. The molecule has 7 nitrogen and oxygen atoms in total. The van der Waals surface area contributed by atoms with E-state index < -0.39 is 9.84 Å². The van der Waals surface area contributed by atoms with Crippen LogP contribution in [0.3, 0.4) is 0 Å². The minimum atomic E-state index is -3.02. The largest absolute Gasteiger partial charge is 0.370 e. The second-order valence-corrected chi connectivity index (χ2v) is 9.27. The third-order valence-corrected chi connectivity index (χ3v) is 6.73. The Morgan fingerprint density at radius 2 is 2.11 bits per heavy atom. The molecule has 3 N–H and O–H groups in total. The van der Waals surface area contributed by atoms with Crippen molar-refractivity contribution in [1.82, 2.24) is 15.3 Å². The molecule has 1 aliphatic rings. The number of aromatic amines is 1. The van der Waals surface area contributed by atoms with E-state index in [1.165, 1.54) is 10.9 Å². The second-order valence-electron chi connectivity index (χ2n) is 7.04. The molecule has 1 atom stereocenters. The fraction of sp³-hybridized carbons (Fsp3) is 0.300. The van der Waals surface area contributed by atoms with Crippen molar-refractivity contribution in [2.45, 2.75) is 18.9 Å². The van der Waals surface area contributed by atoms with Gasteiger partial charge in [0, 0.05) is 41.4 Å². The molecule has 1 fully saturated rings. The van der Waals surface area contributed by atoms with Crippen LogP contribution in [0.25, 0.3) is 10.9 Å². The van der Waals surface area contributed by atoms with Crippen LogP contribution in [0, 0.1) is 0 Å². The number of hydrogen-bond acceptors (Lipinski definition) is 5. The maximum Gasteiger partial charge on any atom is 0.251 e. The van der Waals surface area contributed by atoms with Gasteiger partial charge in [-0.15, -0.1) is 0 Å². The van der Waals surface area contributed by atoms with E-state index in [1.54, 1.807) is 18.3 Å². The first-order chi connectivity index (χ1) is 13.5. The van der Waals surface area contributed by atoms with Gasteiger partial charge >= 0.3 is 0 Å². The van der Waals surface area contributed by atoms with Crippen LogP contribution in [0.4, 0.5) is 5.82 Å². The number of benzene rings is 1. The molecule has 1 aromatic carbocycles. The van der Waals surface area contributed by atoms with E-state index in [-0.39, 0.29) is 23.5 Å². The summed E-state index contributed by atoms with van der Waals surface area (Å²) in [7, 11) is -3.02. The van der Waals surface area contributed by atoms with Gasteiger partial charge in [0.15, 0.2) is 9.84 Å². The van der Waals surface area contributed by atoms with Gasteiger partial charge in [-0.25, -0.2) is 13.4 Å². The quantitative estimate of drug-likeness (QED) is 0.590. The van der Waals surface area contributed by atoms with Crippen molar-refractivity contribution in [2.75, 3.05) is 23.4 Å². The molecular formula is C20H22N4O3S. The first-order valence-electron chi connectivity index (χ1n) is 9.26. The maximum absolute atomic E-state index is 12.4. The van der Waals surface area contributed by atoms with Crippen molar-refractivity contribution in [2.24, 2.45) is 0 Å². The highest BCUT2D eigenvalue weighted by molar-refractivity contribution is 7.91. The SMILES string of the molecule is O=C(NC1CCS(=O)(=O)C1)c1ccnc(NCCc2c[nH]c3ccccc23)c1. The van der Waals surface area contributed by atoms with Crippen LogP contribution in [0.15, 0.2) is 48.8 Å². The summed E-state index contributed by atoms with van der Waals surface area (Å²) in [5.41, 5.74) is 2.80. The molecule has 2 aromatic heterocycles. The number of aromatic nitrogens is 2. The lowest BCUT2D eigenvalue weighted by Crippen LogP contribution is -2.35.